The molecule has 1 aromatic heterocycles. The van der Waals surface area contributed by atoms with E-state index in [0.29, 0.717) is 16.8 Å². The van der Waals surface area contributed by atoms with Crippen molar-refractivity contribution in [3.05, 3.63) is 71.9 Å². The molecule has 4 heteroatoms. The van der Waals surface area contributed by atoms with Gasteiger partial charge in [-0.2, -0.15) is 0 Å². The summed E-state index contributed by atoms with van der Waals surface area (Å²) >= 11 is 0. The summed E-state index contributed by atoms with van der Waals surface area (Å²) in [5, 5.41) is 14.7. The Morgan fingerprint density at radius 2 is 1.90 bits per heavy atom. The SMILES string of the molecule is O=C1Nc2ccccc2C1(O)c1ccc2cccnc2c1. The Bertz CT molecular complexity index is 875. The zero-order valence-corrected chi connectivity index (χ0v) is 11.1. The van der Waals surface area contributed by atoms with E-state index in [4.69, 9.17) is 0 Å². The highest BCUT2D eigenvalue weighted by molar-refractivity contribution is 6.07. The van der Waals surface area contributed by atoms with Crippen molar-refractivity contribution in [3.63, 3.8) is 0 Å². The first-order valence-corrected chi connectivity index (χ1v) is 6.68. The third-order valence-corrected chi connectivity index (χ3v) is 3.92. The number of pyridine rings is 1. The molecule has 3 aromatic rings. The van der Waals surface area contributed by atoms with Gasteiger partial charge in [-0.3, -0.25) is 9.78 Å². The molecule has 0 radical (unpaired) electrons. The molecule has 1 aliphatic heterocycles. The molecule has 0 fully saturated rings. The van der Waals surface area contributed by atoms with Crippen molar-refractivity contribution >= 4 is 22.5 Å². The van der Waals surface area contributed by atoms with Crippen LogP contribution in [0, 0.1) is 0 Å². The first-order valence-electron chi connectivity index (χ1n) is 6.68. The molecule has 0 saturated heterocycles. The van der Waals surface area contributed by atoms with E-state index in [-0.39, 0.29) is 0 Å². The second-order valence-electron chi connectivity index (χ2n) is 5.12. The van der Waals surface area contributed by atoms with Gasteiger partial charge < -0.3 is 10.4 Å². The topological polar surface area (TPSA) is 62.2 Å². The molecule has 1 amide bonds. The minimum absolute atomic E-state index is 0.431. The van der Waals surface area contributed by atoms with Crippen LogP contribution in [0.2, 0.25) is 0 Å². The van der Waals surface area contributed by atoms with Crippen molar-refractivity contribution in [3.8, 4) is 0 Å². The molecular weight excluding hydrogens is 264 g/mol. The van der Waals surface area contributed by atoms with Gasteiger partial charge in [0.2, 0.25) is 0 Å². The molecule has 21 heavy (non-hydrogen) atoms. The summed E-state index contributed by atoms with van der Waals surface area (Å²) in [6.07, 6.45) is 1.69. The van der Waals surface area contributed by atoms with Gasteiger partial charge in [0, 0.05) is 22.8 Å². The highest BCUT2D eigenvalue weighted by atomic mass is 16.3. The molecule has 0 saturated carbocycles. The molecule has 2 N–H and O–H groups in total. The van der Waals surface area contributed by atoms with Crippen molar-refractivity contribution in [2.24, 2.45) is 0 Å². The maximum absolute atomic E-state index is 12.3. The smallest absolute Gasteiger partial charge is 0.265 e. The summed E-state index contributed by atoms with van der Waals surface area (Å²) in [5.74, 6) is -0.431. The summed E-state index contributed by atoms with van der Waals surface area (Å²) in [6.45, 7) is 0. The van der Waals surface area contributed by atoms with Crippen LogP contribution in [0.1, 0.15) is 11.1 Å². The van der Waals surface area contributed by atoms with Crippen LogP contribution in [0.25, 0.3) is 10.9 Å². The van der Waals surface area contributed by atoms with Crippen LogP contribution in [0.15, 0.2) is 60.8 Å². The predicted octanol–water partition coefficient (Wildman–Crippen LogP) is 2.42. The van der Waals surface area contributed by atoms with Gasteiger partial charge in [-0.25, -0.2) is 0 Å². The lowest BCUT2D eigenvalue weighted by molar-refractivity contribution is -0.129. The van der Waals surface area contributed by atoms with Crippen LogP contribution in [0.4, 0.5) is 5.69 Å². The van der Waals surface area contributed by atoms with Gasteiger partial charge in [-0.1, -0.05) is 36.4 Å². The molecule has 1 atom stereocenters. The molecular formula is C17H12N2O2. The molecule has 4 nitrogen and oxygen atoms in total. The van der Waals surface area contributed by atoms with E-state index in [1.54, 1.807) is 30.5 Å². The number of anilines is 1. The average Bonchev–Trinajstić information content (AvgIpc) is 2.79. The summed E-state index contributed by atoms with van der Waals surface area (Å²) in [7, 11) is 0. The fourth-order valence-corrected chi connectivity index (χ4v) is 2.82. The van der Waals surface area contributed by atoms with E-state index >= 15 is 0 Å². The number of nitrogens with zero attached hydrogens (tertiary/aromatic N) is 1. The van der Waals surface area contributed by atoms with E-state index in [9.17, 15) is 9.90 Å². The van der Waals surface area contributed by atoms with Crippen molar-refractivity contribution in [1.82, 2.24) is 4.98 Å². The number of nitrogens with one attached hydrogen (secondary N) is 1. The fourth-order valence-electron chi connectivity index (χ4n) is 2.82. The van der Waals surface area contributed by atoms with Crippen molar-refractivity contribution < 1.29 is 9.90 Å². The Labute approximate surface area is 121 Å². The van der Waals surface area contributed by atoms with Crippen LogP contribution in [-0.4, -0.2) is 16.0 Å². The number of carbonyl (C=O) groups excluding carboxylic acids is 1. The lowest BCUT2D eigenvalue weighted by Gasteiger charge is -2.21. The Kier molecular flexibility index (Phi) is 2.37. The second kappa shape index (κ2) is 4.14. The Hall–Kier alpha value is -2.72. The first kappa shape index (κ1) is 12.1. The molecule has 0 bridgehead atoms. The zero-order chi connectivity index (χ0) is 14.4. The van der Waals surface area contributed by atoms with E-state index in [1.807, 2.05) is 30.3 Å². The lowest BCUT2D eigenvalue weighted by Crippen LogP contribution is -2.35. The number of hydrogen-bond donors (Lipinski definition) is 2. The Balaban J connectivity index is 1.96. The molecule has 4 rings (SSSR count). The Morgan fingerprint density at radius 1 is 1.05 bits per heavy atom. The lowest BCUT2D eigenvalue weighted by atomic mass is 9.87. The van der Waals surface area contributed by atoms with Gasteiger partial charge >= 0.3 is 0 Å². The summed E-state index contributed by atoms with van der Waals surface area (Å²) < 4.78 is 0. The number of aliphatic hydroxyl groups is 1. The maximum atomic E-state index is 12.3. The van der Waals surface area contributed by atoms with Crippen molar-refractivity contribution in [2.75, 3.05) is 5.32 Å². The van der Waals surface area contributed by atoms with E-state index in [1.165, 1.54) is 0 Å². The average molecular weight is 276 g/mol. The highest BCUT2D eigenvalue weighted by Crippen LogP contribution is 2.41. The van der Waals surface area contributed by atoms with Gasteiger partial charge in [0.15, 0.2) is 5.60 Å². The summed E-state index contributed by atoms with van der Waals surface area (Å²) in [4.78, 5) is 16.6. The molecule has 0 spiro atoms. The summed E-state index contributed by atoms with van der Waals surface area (Å²) in [5.41, 5.74) is 0.829. The van der Waals surface area contributed by atoms with E-state index < -0.39 is 11.5 Å². The quantitative estimate of drug-likeness (QED) is 0.717. The van der Waals surface area contributed by atoms with Crippen LogP contribution in [0.5, 0.6) is 0 Å². The number of hydrogen-bond acceptors (Lipinski definition) is 3. The number of rotatable bonds is 1. The zero-order valence-electron chi connectivity index (χ0n) is 11.1. The molecule has 1 unspecified atom stereocenters. The van der Waals surface area contributed by atoms with Crippen LogP contribution in [0.3, 0.4) is 0 Å². The highest BCUT2D eigenvalue weighted by Gasteiger charge is 2.46. The van der Waals surface area contributed by atoms with Crippen LogP contribution >= 0.6 is 0 Å². The maximum Gasteiger partial charge on any atom is 0.265 e. The van der Waals surface area contributed by atoms with Crippen molar-refractivity contribution in [2.45, 2.75) is 5.60 Å². The third kappa shape index (κ3) is 1.60. The molecule has 2 heterocycles. The number of aromatic nitrogens is 1. The number of amides is 1. The minimum atomic E-state index is -1.66. The van der Waals surface area contributed by atoms with Gasteiger partial charge in [0.1, 0.15) is 0 Å². The normalized spacial score (nSPS) is 20.3. The van der Waals surface area contributed by atoms with Crippen LogP contribution < -0.4 is 5.32 Å². The van der Waals surface area contributed by atoms with E-state index in [2.05, 4.69) is 10.3 Å². The molecule has 0 aliphatic carbocycles. The van der Waals surface area contributed by atoms with E-state index in [0.717, 1.165) is 10.9 Å². The van der Waals surface area contributed by atoms with Crippen molar-refractivity contribution in [1.29, 1.82) is 0 Å². The standard InChI is InChI=1S/C17H12N2O2/c20-16-17(21,13-5-1-2-6-14(13)19-16)12-8-7-11-4-3-9-18-15(11)10-12/h1-10,21H,(H,19,20). The number of fused-ring (bicyclic) bond motifs is 2. The third-order valence-electron chi connectivity index (χ3n) is 3.92. The number of benzene rings is 2. The first-order chi connectivity index (χ1) is 10.2. The second-order valence-corrected chi connectivity index (χ2v) is 5.12. The predicted molar refractivity (Wildman–Crippen MR) is 79.8 cm³/mol. The molecule has 102 valence electrons. The van der Waals surface area contributed by atoms with Crippen LogP contribution in [-0.2, 0) is 10.4 Å². The largest absolute Gasteiger partial charge is 0.372 e. The molecule has 1 aliphatic rings. The van der Waals surface area contributed by atoms with Gasteiger partial charge in [0.05, 0.1) is 5.52 Å². The summed E-state index contributed by atoms with van der Waals surface area (Å²) in [6, 6.07) is 16.4. The van der Waals surface area contributed by atoms with Gasteiger partial charge in [-0.05, 0) is 23.8 Å². The fraction of sp³-hybridized carbons (Fsp3) is 0.0588. The van der Waals surface area contributed by atoms with Gasteiger partial charge in [0.25, 0.3) is 5.91 Å². The molecule has 2 aromatic carbocycles. The minimum Gasteiger partial charge on any atom is -0.372 e. The number of para-hydroxylation sites is 1. The van der Waals surface area contributed by atoms with Gasteiger partial charge in [-0.15, -0.1) is 0 Å². The Morgan fingerprint density at radius 3 is 2.81 bits per heavy atom. The monoisotopic (exact) mass is 276 g/mol. The number of carbonyl (C=O) groups is 1.